The Balaban J connectivity index is 1.45. The van der Waals surface area contributed by atoms with Gasteiger partial charge in [0.2, 0.25) is 0 Å². The Morgan fingerprint density at radius 1 is 1.23 bits per heavy atom. The van der Waals surface area contributed by atoms with Crippen molar-refractivity contribution in [3.8, 4) is 0 Å². The van der Waals surface area contributed by atoms with Gasteiger partial charge in [0, 0.05) is 12.2 Å². The minimum Gasteiger partial charge on any atom is -0.321 e. The van der Waals surface area contributed by atoms with E-state index < -0.39 is 6.09 Å². The minimum atomic E-state index is -0.583. The average molecular weight is 412 g/mol. The number of nitrogens with one attached hydrogen (secondary N) is 1. The molecule has 1 heterocycles. The van der Waals surface area contributed by atoms with Crippen LogP contribution in [0.3, 0.4) is 0 Å². The van der Waals surface area contributed by atoms with Crippen LogP contribution in [0.2, 0.25) is 0 Å². The van der Waals surface area contributed by atoms with Crippen LogP contribution in [-0.2, 0) is 17.7 Å². The van der Waals surface area contributed by atoms with E-state index in [1.54, 1.807) is 5.06 Å². The maximum Gasteiger partial charge on any atom is 0.436 e. The van der Waals surface area contributed by atoms with Crippen molar-refractivity contribution in [3.63, 3.8) is 0 Å². The van der Waals surface area contributed by atoms with Gasteiger partial charge >= 0.3 is 6.09 Å². The summed E-state index contributed by atoms with van der Waals surface area (Å²) < 4.78 is 13.0. The van der Waals surface area contributed by atoms with Crippen LogP contribution < -0.4 is 10.4 Å². The molecular formula is C24H30FN3O2. The third-order valence-electron chi connectivity index (χ3n) is 5.23. The Kier molecular flexibility index (Phi) is 7.85. The van der Waals surface area contributed by atoms with E-state index in [-0.39, 0.29) is 5.82 Å². The van der Waals surface area contributed by atoms with Gasteiger partial charge in [0.05, 0.1) is 12.2 Å². The highest BCUT2D eigenvalue weighted by molar-refractivity contribution is 5.85. The van der Waals surface area contributed by atoms with Gasteiger partial charge in [0.1, 0.15) is 5.82 Å². The van der Waals surface area contributed by atoms with Crippen LogP contribution in [0.5, 0.6) is 0 Å². The second-order valence-electron chi connectivity index (χ2n) is 7.69. The molecule has 0 atom stereocenters. The summed E-state index contributed by atoms with van der Waals surface area (Å²) in [6, 6.07) is 11.9. The summed E-state index contributed by atoms with van der Waals surface area (Å²) in [5, 5.41) is 4.23. The zero-order valence-electron chi connectivity index (χ0n) is 17.6. The maximum atomic E-state index is 13.0. The highest BCUT2D eigenvalue weighted by Crippen LogP contribution is 2.29. The van der Waals surface area contributed by atoms with Crippen molar-refractivity contribution < 1.29 is 14.0 Å². The molecule has 1 aliphatic heterocycles. The van der Waals surface area contributed by atoms with Crippen molar-refractivity contribution in [1.82, 2.24) is 4.90 Å². The number of unbranched alkanes of at least 4 members (excludes halogenated alkanes) is 2. The van der Waals surface area contributed by atoms with Crippen molar-refractivity contribution in [2.24, 2.45) is 0 Å². The van der Waals surface area contributed by atoms with E-state index in [0.29, 0.717) is 12.2 Å². The number of carbonyl (C=O) groups is 1. The lowest BCUT2D eigenvalue weighted by molar-refractivity contribution is 0.150. The lowest BCUT2D eigenvalue weighted by Crippen LogP contribution is -2.28. The lowest BCUT2D eigenvalue weighted by Gasteiger charge is -2.18. The number of nitrogens with zero attached hydrogens (tertiary/aromatic N) is 2. The molecule has 0 saturated carbocycles. The monoisotopic (exact) mass is 411 g/mol. The second kappa shape index (κ2) is 10.8. The highest BCUT2D eigenvalue weighted by Gasteiger charge is 2.23. The first-order chi connectivity index (χ1) is 14.5. The number of benzene rings is 2. The molecule has 0 aromatic heterocycles. The molecule has 0 unspecified atom stereocenters. The molecule has 6 heteroatoms. The summed E-state index contributed by atoms with van der Waals surface area (Å²) in [6.07, 6.45) is 6.83. The quantitative estimate of drug-likeness (QED) is 0.432. The number of carbonyl (C=O) groups excluding carboxylic acids is 1. The molecule has 5 nitrogen and oxygen atoms in total. The van der Waals surface area contributed by atoms with Crippen LogP contribution in [-0.4, -0.2) is 37.7 Å². The molecule has 30 heavy (non-hydrogen) atoms. The molecule has 2 aromatic carbocycles. The number of hydroxylamine groups is 1. The number of anilines is 2. The van der Waals surface area contributed by atoms with E-state index in [1.165, 1.54) is 54.7 Å². The molecule has 1 N–H and O–H groups in total. The average Bonchev–Trinajstić information content (AvgIpc) is 3.11. The topological polar surface area (TPSA) is 44.8 Å². The SMILES string of the molecule is C=CCN(C)CCCCCc1ccc2c(c1)CCN2OC(=O)Nc1ccc(F)cc1. The van der Waals surface area contributed by atoms with E-state index in [9.17, 15) is 9.18 Å². The van der Waals surface area contributed by atoms with Crippen LogP contribution in [0.4, 0.5) is 20.6 Å². The van der Waals surface area contributed by atoms with Crippen molar-refractivity contribution >= 4 is 17.5 Å². The summed E-state index contributed by atoms with van der Waals surface area (Å²) in [4.78, 5) is 19.9. The number of likely N-dealkylation sites (N-methyl/N-ethyl adjacent to an activating group) is 1. The molecule has 0 aliphatic carbocycles. The number of rotatable bonds is 10. The van der Waals surface area contributed by atoms with Crippen molar-refractivity contribution in [2.75, 3.05) is 37.1 Å². The Labute approximate surface area is 178 Å². The Morgan fingerprint density at radius 2 is 2.03 bits per heavy atom. The summed E-state index contributed by atoms with van der Waals surface area (Å²) in [7, 11) is 2.12. The zero-order chi connectivity index (χ0) is 21.3. The van der Waals surface area contributed by atoms with E-state index in [2.05, 4.69) is 36.0 Å². The lowest BCUT2D eigenvalue weighted by atomic mass is 10.0. The molecule has 2 aromatic rings. The number of hydrogen-bond donors (Lipinski definition) is 1. The molecule has 0 radical (unpaired) electrons. The first-order valence-electron chi connectivity index (χ1n) is 10.5. The number of aryl methyl sites for hydroxylation is 1. The van der Waals surface area contributed by atoms with Gasteiger partial charge in [-0.2, -0.15) is 0 Å². The fraction of sp³-hybridized carbons (Fsp3) is 0.375. The van der Waals surface area contributed by atoms with Gasteiger partial charge in [0.25, 0.3) is 0 Å². The smallest absolute Gasteiger partial charge is 0.321 e. The zero-order valence-corrected chi connectivity index (χ0v) is 17.6. The summed E-state index contributed by atoms with van der Waals surface area (Å²) in [5.74, 6) is -0.349. The Bertz CT molecular complexity index is 854. The van der Waals surface area contributed by atoms with E-state index in [4.69, 9.17) is 4.84 Å². The third kappa shape index (κ3) is 6.32. The normalized spacial score (nSPS) is 12.7. The molecule has 0 fully saturated rings. The van der Waals surface area contributed by atoms with Gasteiger partial charge in [0.15, 0.2) is 0 Å². The predicted octanol–water partition coefficient (Wildman–Crippen LogP) is 5.18. The van der Waals surface area contributed by atoms with Crippen LogP contribution in [0.15, 0.2) is 55.1 Å². The molecule has 0 spiro atoms. The van der Waals surface area contributed by atoms with E-state index in [0.717, 1.165) is 31.6 Å². The Morgan fingerprint density at radius 3 is 2.80 bits per heavy atom. The molecule has 160 valence electrons. The Hall–Kier alpha value is -2.86. The third-order valence-corrected chi connectivity index (χ3v) is 5.23. The minimum absolute atomic E-state index is 0.349. The van der Waals surface area contributed by atoms with Crippen molar-refractivity contribution in [1.29, 1.82) is 0 Å². The first kappa shape index (κ1) is 21.8. The first-order valence-corrected chi connectivity index (χ1v) is 10.5. The van der Waals surface area contributed by atoms with Gasteiger partial charge in [-0.15, -0.1) is 6.58 Å². The fourth-order valence-electron chi connectivity index (χ4n) is 3.65. The van der Waals surface area contributed by atoms with Crippen LogP contribution in [0, 0.1) is 5.82 Å². The highest BCUT2D eigenvalue weighted by atomic mass is 19.1. The summed E-state index contributed by atoms with van der Waals surface area (Å²) in [6.45, 7) is 6.43. The molecule has 0 saturated heterocycles. The molecule has 0 bridgehead atoms. The number of amides is 1. The van der Waals surface area contributed by atoms with E-state index in [1.807, 2.05) is 12.1 Å². The maximum absolute atomic E-state index is 13.0. The van der Waals surface area contributed by atoms with Gasteiger partial charge in [-0.3, -0.25) is 5.32 Å². The second-order valence-corrected chi connectivity index (χ2v) is 7.69. The van der Waals surface area contributed by atoms with Gasteiger partial charge in [-0.25, -0.2) is 14.2 Å². The largest absolute Gasteiger partial charge is 0.436 e. The predicted molar refractivity (Wildman–Crippen MR) is 119 cm³/mol. The van der Waals surface area contributed by atoms with Crippen molar-refractivity contribution in [3.05, 3.63) is 72.1 Å². The fourth-order valence-corrected chi connectivity index (χ4v) is 3.65. The van der Waals surface area contributed by atoms with Gasteiger partial charge in [-0.05, 0) is 80.7 Å². The molecule has 1 aliphatic rings. The van der Waals surface area contributed by atoms with Gasteiger partial charge in [-0.1, -0.05) is 24.6 Å². The number of hydrogen-bond acceptors (Lipinski definition) is 4. The van der Waals surface area contributed by atoms with Crippen LogP contribution in [0.1, 0.15) is 30.4 Å². The van der Waals surface area contributed by atoms with E-state index >= 15 is 0 Å². The molecular weight excluding hydrogens is 381 g/mol. The molecule has 1 amide bonds. The van der Waals surface area contributed by atoms with Crippen LogP contribution >= 0.6 is 0 Å². The van der Waals surface area contributed by atoms with Crippen LogP contribution in [0.25, 0.3) is 0 Å². The van der Waals surface area contributed by atoms with Gasteiger partial charge < -0.3 is 9.74 Å². The number of halogens is 1. The number of fused-ring (bicyclic) bond motifs is 1. The standard InChI is InChI=1S/C24H30FN3O2/c1-3-15-27(2)16-6-4-5-7-19-8-13-23-20(18-19)14-17-28(23)30-24(29)26-22-11-9-21(25)10-12-22/h3,8-13,18H,1,4-7,14-17H2,2H3,(H,26,29). The molecule has 3 rings (SSSR count). The van der Waals surface area contributed by atoms with Crippen molar-refractivity contribution in [2.45, 2.75) is 32.1 Å². The summed E-state index contributed by atoms with van der Waals surface area (Å²) >= 11 is 0. The summed E-state index contributed by atoms with van der Waals surface area (Å²) in [5.41, 5.74) is 3.95.